The number of hydrogen-bond acceptors (Lipinski definition) is 2. The predicted molar refractivity (Wildman–Crippen MR) is 63.2 cm³/mol. The molecule has 0 bridgehead atoms. The molecule has 14 heavy (non-hydrogen) atoms. The molecule has 0 aromatic carbocycles. The van der Waals surface area contributed by atoms with Crippen molar-refractivity contribution in [1.29, 1.82) is 0 Å². The maximum atomic E-state index is 11.5. The van der Waals surface area contributed by atoms with E-state index >= 15 is 0 Å². The second kappa shape index (κ2) is 4.59. The first kappa shape index (κ1) is 11.9. The van der Waals surface area contributed by atoms with Crippen molar-refractivity contribution in [3.63, 3.8) is 0 Å². The highest BCUT2D eigenvalue weighted by Gasteiger charge is 2.44. The minimum atomic E-state index is -0.124. The molecule has 0 radical (unpaired) electrons. The highest BCUT2D eigenvalue weighted by atomic mass is 127. The van der Waals surface area contributed by atoms with Gasteiger partial charge in [0.2, 0.25) is 11.8 Å². The molecule has 1 N–H and O–H groups in total. The molecule has 0 aromatic heterocycles. The Morgan fingerprint density at radius 2 is 2.14 bits per heavy atom. The fraction of sp³-hybridized carbons (Fsp3) is 0.800. The normalized spacial score (nSPS) is 26.1. The van der Waals surface area contributed by atoms with Crippen molar-refractivity contribution in [2.24, 2.45) is 5.92 Å². The highest BCUT2D eigenvalue weighted by molar-refractivity contribution is 14.1. The monoisotopic (exact) mass is 309 g/mol. The minimum Gasteiger partial charge on any atom is -0.296 e. The van der Waals surface area contributed by atoms with E-state index in [1.807, 2.05) is 0 Å². The van der Waals surface area contributed by atoms with Crippen LogP contribution in [-0.2, 0) is 9.59 Å². The zero-order valence-corrected chi connectivity index (χ0v) is 10.8. The third-order valence-electron chi connectivity index (χ3n) is 2.85. The lowest BCUT2D eigenvalue weighted by Crippen LogP contribution is -2.36. The van der Waals surface area contributed by atoms with E-state index in [1.165, 1.54) is 0 Å². The van der Waals surface area contributed by atoms with Gasteiger partial charge in [0.1, 0.15) is 0 Å². The largest absolute Gasteiger partial charge is 0.296 e. The lowest BCUT2D eigenvalue weighted by Gasteiger charge is -2.30. The SMILES string of the molecule is CCC[C@@](I)(CC)C1CC(=O)NC1=O. The smallest absolute Gasteiger partial charge is 0.231 e. The summed E-state index contributed by atoms with van der Waals surface area (Å²) in [5.74, 6) is -0.328. The third-order valence-corrected chi connectivity index (χ3v) is 4.90. The molecule has 1 aliphatic heterocycles. The highest BCUT2D eigenvalue weighted by Crippen LogP contribution is 2.40. The molecule has 4 heteroatoms. The number of hydrogen-bond donors (Lipinski definition) is 1. The Kier molecular flexibility index (Phi) is 3.92. The zero-order chi connectivity index (χ0) is 10.8. The summed E-state index contributed by atoms with van der Waals surface area (Å²) in [6.07, 6.45) is 3.35. The van der Waals surface area contributed by atoms with Crippen LogP contribution in [0.4, 0.5) is 0 Å². The molecule has 0 saturated carbocycles. The quantitative estimate of drug-likeness (QED) is 0.491. The number of nitrogens with one attached hydrogen (secondary N) is 1. The van der Waals surface area contributed by atoms with Crippen LogP contribution in [0.3, 0.4) is 0 Å². The standard InChI is InChI=1S/C10H16INO2/c1-3-5-10(11,4-2)7-6-8(13)12-9(7)14/h7H,3-6H2,1-2H3,(H,12,13,14)/t7?,10-/m0/s1. The molecule has 2 amide bonds. The molecule has 1 rings (SSSR count). The molecular formula is C10H16INO2. The first-order valence-corrected chi connectivity index (χ1v) is 6.14. The van der Waals surface area contributed by atoms with E-state index in [0.29, 0.717) is 6.42 Å². The fourth-order valence-electron chi connectivity index (χ4n) is 1.98. The van der Waals surface area contributed by atoms with Gasteiger partial charge in [-0.05, 0) is 12.8 Å². The number of alkyl halides is 1. The van der Waals surface area contributed by atoms with Gasteiger partial charge >= 0.3 is 0 Å². The van der Waals surface area contributed by atoms with E-state index in [2.05, 4.69) is 41.8 Å². The Hall–Kier alpha value is -0.130. The maximum absolute atomic E-state index is 11.5. The maximum Gasteiger partial charge on any atom is 0.231 e. The Bertz CT molecular complexity index is 255. The summed E-state index contributed by atoms with van der Waals surface area (Å²) in [4.78, 5) is 22.6. The van der Waals surface area contributed by atoms with E-state index in [1.54, 1.807) is 0 Å². The predicted octanol–water partition coefficient (Wildman–Crippen LogP) is 2.03. The van der Waals surface area contributed by atoms with Crippen molar-refractivity contribution in [3.05, 3.63) is 0 Å². The molecule has 0 aliphatic carbocycles. The van der Waals surface area contributed by atoms with Crippen LogP contribution in [0.25, 0.3) is 0 Å². The summed E-state index contributed by atoms with van der Waals surface area (Å²) in [5, 5.41) is 2.38. The van der Waals surface area contributed by atoms with E-state index < -0.39 is 0 Å². The molecule has 1 saturated heterocycles. The lowest BCUT2D eigenvalue weighted by molar-refractivity contribution is -0.126. The summed E-state index contributed by atoms with van der Waals surface area (Å²) in [5.41, 5.74) is 0. The van der Waals surface area contributed by atoms with Crippen LogP contribution in [-0.4, -0.2) is 15.2 Å². The van der Waals surface area contributed by atoms with Gasteiger partial charge in [-0.15, -0.1) is 0 Å². The van der Waals surface area contributed by atoms with Crippen LogP contribution < -0.4 is 5.32 Å². The molecule has 3 nitrogen and oxygen atoms in total. The second-order valence-electron chi connectivity index (χ2n) is 3.81. The summed E-state index contributed by atoms with van der Waals surface area (Å²) in [7, 11) is 0. The molecule has 1 fully saturated rings. The number of carbonyl (C=O) groups excluding carboxylic acids is 2. The van der Waals surface area contributed by atoms with Crippen molar-refractivity contribution < 1.29 is 9.59 Å². The van der Waals surface area contributed by atoms with Crippen LogP contribution in [0.2, 0.25) is 0 Å². The van der Waals surface area contributed by atoms with Crippen molar-refractivity contribution >= 4 is 34.4 Å². The van der Waals surface area contributed by atoms with Gasteiger partial charge in [-0.3, -0.25) is 14.9 Å². The van der Waals surface area contributed by atoms with Crippen molar-refractivity contribution in [2.75, 3.05) is 0 Å². The van der Waals surface area contributed by atoms with Gasteiger partial charge in [0, 0.05) is 9.84 Å². The average molecular weight is 309 g/mol. The van der Waals surface area contributed by atoms with Gasteiger partial charge in [-0.25, -0.2) is 0 Å². The van der Waals surface area contributed by atoms with Crippen LogP contribution in [0.5, 0.6) is 0 Å². The molecule has 0 aromatic rings. The zero-order valence-electron chi connectivity index (χ0n) is 8.60. The van der Waals surface area contributed by atoms with Gasteiger partial charge in [-0.1, -0.05) is 42.9 Å². The minimum absolute atomic E-state index is 0.0389. The topological polar surface area (TPSA) is 46.2 Å². The Labute approximate surface area is 98.2 Å². The van der Waals surface area contributed by atoms with Crippen LogP contribution >= 0.6 is 22.6 Å². The molecule has 80 valence electrons. The van der Waals surface area contributed by atoms with E-state index in [4.69, 9.17) is 0 Å². The fourth-order valence-corrected chi connectivity index (χ4v) is 3.03. The molecule has 1 aliphatic rings. The van der Waals surface area contributed by atoms with Crippen molar-refractivity contribution in [1.82, 2.24) is 5.32 Å². The number of amides is 2. The Morgan fingerprint density at radius 1 is 1.50 bits per heavy atom. The van der Waals surface area contributed by atoms with E-state index in [-0.39, 0.29) is 21.2 Å². The Morgan fingerprint density at radius 3 is 2.50 bits per heavy atom. The summed E-state index contributed by atoms with van der Waals surface area (Å²) >= 11 is 2.35. The van der Waals surface area contributed by atoms with Gasteiger partial charge < -0.3 is 0 Å². The molecule has 0 spiro atoms. The lowest BCUT2D eigenvalue weighted by atomic mass is 9.85. The number of carbonyl (C=O) groups is 2. The summed E-state index contributed by atoms with van der Waals surface area (Å²) in [6.45, 7) is 4.19. The molecule has 2 atom stereocenters. The number of imide groups is 1. The van der Waals surface area contributed by atoms with Crippen molar-refractivity contribution in [2.45, 2.75) is 43.0 Å². The van der Waals surface area contributed by atoms with Crippen LogP contribution in [0.15, 0.2) is 0 Å². The molecule has 1 heterocycles. The van der Waals surface area contributed by atoms with Gasteiger partial charge in [0.25, 0.3) is 0 Å². The van der Waals surface area contributed by atoms with E-state index in [9.17, 15) is 9.59 Å². The van der Waals surface area contributed by atoms with Gasteiger partial charge in [0.15, 0.2) is 0 Å². The first-order valence-electron chi connectivity index (χ1n) is 5.06. The van der Waals surface area contributed by atoms with Gasteiger partial charge in [-0.2, -0.15) is 0 Å². The Balaban J connectivity index is 2.78. The summed E-state index contributed by atoms with van der Waals surface area (Å²) < 4.78 is -0.0389. The van der Waals surface area contributed by atoms with Gasteiger partial charge in [0.05, 0.1) is 5.92 Å². The molecular weight excluding hydrogens is 293 g/mol. The number of rotatable bonds is 4. The third kappa shape index (κ3) is 2.27. The second-order valence-corrected chi connectivity index (χ2v) is 5.96. The van der Waals surface area contributed by atoms with E-state index in [0.717, 1.165) is 19.3 Å². The first-order chi connectivity index (χ1) is 6.53. The number of halogens is 1. The summed E-state index contributed by atoms with van der Waals surface area (Å²) in [6, 6.07) is 0. The average Bonchev–Trinajstić information content (AvgIpc) is 2.46. The van der Waals surface area contributed by atoms with Crippen LogP contribution in [0, 0.1) is 5.92 Å². The van der Waals surface area contributed by atoms with Crippen molar-refractivity contribution in [3.8, 4) is 0 Å². The van der Waals surface area contributed by atoms with Crippen LogP contribution in [0.1, 0.15) is 39.5 Å². The molecule has 1 unspecified atom stereocenters.